The summed E-state index contributed by atoms with van der Waals surface area (Å²) in [6, 6.07) is 21.9. The van der Waals surface area contributed by atoms with Crippen LogP contribution in [0.1, 0.15) is 31.2 Å². The van der Waals surface area contributed by atoms with E-state index in [9.17, 15) is 0 Å². The fourth-order valence-corrected chi connectivity index (χ4v) is 5.83. The molecule has 7 rings (SSSR count). The summed E-state index contributed by atoms with van der Waals surface area (Å²) in [4.78, 5) is 18.6. The van der Waals surface area contributed by atoms with Gasteiger partial charge in [-0.05, 0) is 57.0 Å². The van der Waals surface area contributed by atoms with E-state index >= 15 is 0 Å². The van der Waals surface area contributed by atoms with Crippen LogP contribution < -0.4 is 17.3 Å². The monoisotopic (exact) mass is 481 g/mol. The van der Waals surface area contributed by atoms with Crippen molar-refractivity contribution in [3.63, 3.8) is 0 Å². The van der Waals surface area contributed by atoms with Crippen LogP contribution in [-0.2, 0) is 0 Å². The van der Waals surface area contributed by atoms with Gasteiger partial charge in [-0.15, -0.1) is 0 Å². The van der Waals surface area contributed by atoms with Gasteiger partial charge in [0, 0.05) is 22.9 Å². The van der Waals surface area contributed by atoms with Crippen LogP contribution in [0.25, 0.3) is 22.2 Å². The molecule has 0 spiro atoms. The molecule has 35 heavy (non-hydrogen) atoms. The normalized spacial score (nSPS) is 25.4. The number of pyridine rings is 1. The lowest BCUT2D eigenvalue weighted by atomic mass is 9.77. The first-order chi connectivity index (χ1) is 16.8. The number of nitrogens with zero attached hydrogens (tertiary/aromatic N) is 4. The highest BCUT2D eigenvalue weighted by Crippen LogP contribution is 2.40. The van der Waals surface area contributed by atoms with Gasteiger partial charge in [0.25, 0.3) is 0 Å². The molecule has 1 N–H and O–H groups in total. The molecule has 1 saturated carbocycles. The molecule has 0 amide bonds. The van der Waals surface area contributed by atoms with Crippen LogP contribution in [-0.4, -0.2) is 41.1 Å². The first-order valence-corrected chi connectivity index (χ1v) is 12.4. The van der Waals surface area contributed by atoms with Crippen molar-refractivity contribution in [3.05, 3.63) is 90.0 Å². The van der Waals surface area contributed by atoms with E-state index in [0.29, 0.717) is 5.92 Å². The summed E-state index contributed by atoms with van der Waals surface area (Å²) in [5.41, 5.74) is 6.72. The summed E-state index contributed by atoms with van der Waals surface area (Å²) >= 11 is 0. The summed E-state index contributed by atoms with van der Waals surface area (Å²) in [6.45, 7) is 2.54. The lowest BCUT2D eigenvalue weighted by molar-refractivity contribution is -0.689. The Hall–Kier alpha value is -3.12. The van der Waals surface area contributed by atoms with Crippen LogP contribution >= 0.6 is 0 Å². The van der Waals surface area contributed by atoms with Crippen LogP contribution in [0.5, 0.6) is 0 Å². The van der Waals surface area contributed by atoms with Gasteiger partial charge in [0.1, 0.15) is 11.9 Å². The van der Waals surface area contributed by atoms with E-state index in [2.05, 4.69) is 70.7 Å². The molecule has 1 unspecified atom stereocenters. The Morgan fingerprint density at radius 1 is 0.886 bits per heavy atom. The third-order valence-electron chi connectivity index (χ3n) is 7.78. The predicted molar refractivity (Wildman–Crippen MR) is 137 cm³/mol. The van der Waals surface area contributed by atoms with Crippen molar-refractivity contribution < 1.29 is 17.3 Å². The molecule has 1 aromatic heterocycles. The van der Waals surface area contributed by atoms with Crippen LogP contribution in [0.4, 0.5) is 0 Å². The summed E-state index contributed by atoms with van der Waals surface area (Å²) < 4.78 is 0. The zero-order valence-corrected chi connectivity index (χ0v) is 20.3. The van der Waals surface area contributed by atoms with E-state index in [1.165, 1.54) is 55.1 Å². The summed E-state index contributed by atoms with van der Waals surface area (Å²) in [7, 11) is 0. The van der Waals surface area contributed by atoms with E-state index in [-0.39, 0.29) is 12.4 Å². The number of amidine groups is 1. The van der Waals surface area contributed by atoms with Gasteiger partial charge in [0.2, 0.25) is 5.84 Å². The Morgan fingerprint density at radius 3 is 2.51 bits per heavy atom. The molecule has 5 nitrogen and oxygen atoms in total. The summed E-state index contributed by atoms with van der Waals surface area (Å²) in [5, 5.41) is 1.15. The average Bonchev–Trinajstić information content (AvgIpc) is 3.52. The number of hydrogen-bond acceptors (Lipinski definition) is 4. The zero-order valence-electron chi connectivity index (χ0n) is 19.6. The van der Waals surface area contributed by atoms with Crippen LogP contribution in [0, 0.1) is 5.92 Å². The molecule has 1 aliphatic carbocycles. The third kappa shape index (κ3) is 3.94. The molecule has 0 radical (unpaired) electrons. The van der Waals surface area contributed by atoms with Crippen LogP contribution in [0.15, 0.2) is 94.4 Å². The Balaban J connectivity index is 0.00000229. The number of benzene rings is 2. The van der Waals surface area contributed by atoms with Crippen LogP contribution in [0.3, 0.4) is 0 Å². The van der Waals surface area contributed by atoms with Gasteiger partial charge in [-0.1, -0.05) is 42.5 Å². The molecular formula is C29H28ClN5. The number of aromatic nitrogens is 1. The molecule has 4 aliphatic rings. The Kier molecular flexibility index (Phi) is 5.85. The van der Waals surface area contributed by atoms with E-state index < -0.39 is 0 Å². The first-order valence-electron chi connectivity index (χ1n) is 12.4. The largest absolute Gasteiger partial charge is 1.00 e. The third-order valence-corrected chi connectivity index (χ3v) is 7.78. The topological polar surface area (TPSA) is 45.3 Å². The van der Waals surface area contributed by atoms with Gasteiger partial charge >= 0.3 is 0 Å². The Labute approximate surface area is 212 Å². The van der Waals surface area contributed by atoms with Gasteiger partial charge in [-0.25, -0.2) is 9.88 Å². The average molecular weight is 482 g/mol. The Bertz CT molecular complexity index is 1380. The molecule has 6 heteroatoms. The minimum Gasteiger partial charge on any atom is -1.00 e. The number of aliphatic imine (C=N–C) groups is 2. The predicted octanol–water partition coefficient (Wildman–Crippen LogP) is 1.19. The maximum atomic E-state index is 5.24. The van der Waals surface area contributed by atoms with E-state index in [1.54, 1.807) is 0 Å². The second-order valence-corrected chi connectivity index (χ2v) is 9.80. The van der Waals surface area contributed by atoms with E-state index in [0.717, 1.165) is 39.6 Å². The maximum absolute atomic E-state index is 5.24. The van der Waals surface area contributed by atoms with Crippen molar-refractivity contribution in [1.82, 2.24) is 9.88 Å². The van der Waals surface area contributed by atoms with Crippen molar-refractivity contribution in [3.8, 4) is 11.3 Å². The van der Waals surface area contributed by atoms with Crippen molar-refractivity contribution in [1.29, 1.82) is 0 Å². The number of hydrogen-bond donors (Lipinski definition) is 1. The Morgan fingerprint density at radius 2 is 1.69 bits per heavy atom. The van der Waals surface area contributed by atoms with Gasteiger partial charge in [-0.2, -0.15) is 4.99 Å². The molecule has 176 valence electrons. The van der Waals surface area contributed by atoms with Crippen LogP contribution in [0.2, 0.25) is 0 Å². The quantitative estimate of drug-likeness (QED) is 0.608. The smallest absolute Gasteiger partial charge is 0.243 e. The molecule has 2 aromatic carbocycles. The first kappa shape index (κ1) is 22.4. The molecule has 2 fully saturated rings. The highest BCUT2D eigenvalue weighted by atomic mass is 35.5. The highest BCUT2D eigenvalue weighted by molar-refractivity contribution is 6.01. The molecular weight excluding hydrogens is 454 g/mol. The van der Waals surface area contributed by atoms with Crippen molar-refractivity contribution in [2.75, 3.05) is 13.1 Å². The van der Waals surface area contributed by atoms with Crippen molar-refractivity contribution in [2.24, 2.45) is 15.9 Å². The zero-order chi connectivity index (χ0) is 22.5. The molecule has 3 aliphatic heterocycles. The minimum atomic E-state index is 0. The molecule has 4 heterocycles. The van der Waals surface area contributed by atoms with Crippen molar-refractivity contribution in [2.45, 2.75) is 31.7 Å². The lowest BCUT2D eigenvalue weighted by Crippen LogP contribution is -3.08. The molecule has 0 bridgehead atoms. The van der Waals surface area contributed by atoms with E-state index in [4.69, 9.17) is 9.98 Å². The lowest BCUT2D eigenvalue weighted by Gasteiger charge is -2.40. The molecule has 3 aromatic rings. The summed E-state index contributed by atoms with van der Waals surface area (Å²) in [5.74, 6) is 1.60. The number of allylic oxidation sites excluding steroid dienone is 2. The fraction of sp³-hybridized carbons (Fsp3) is 0.276. The van der Waals surface area contributed by atoms with Gasteiger partial charge in [0.15, 0.2) is 5.70 Å². The van der Waals surface area contributed by atoms with Gasteiger partial charge in [-0.3, -0.25) is 4.99 Å². The number of fused-ring (bicyclic) bond motifs is 2. The SMILES string of the molecule is C1=C[NH+]2C(c3ccc4ccc(-c5ccccc5)nc4c3)=NC(C3CC(N4CCCC4)C3)=C2C=N1.[Cl-]. The number of nitrogens with one attached hydrogen (secondary N) is 1. The van der Waals surface area contributed by atoms with Crippen molar-refractivity contribution >= 4 is 23.0 Å². The second kappa shape index (κ2) is 9.15. The van der Waals surface area contributed by atoms with Gasteiger partial charge in [0.05, 0.1) is 29.2 Å². The fourth-order valence-electron chi connectivity index (χ4n) is 5.83. The maximum Gasteiger partial charge on any atom is 0.243 e. The highest BCUT2D eigenvalue weighted by Gasteiger charge is 2.43. The molecule has 1 atom stereocenters. The standard InChI is InChI=1S/C29H27N5.ClH/c1-2-6-20(7-3-1)25-11-10-21-8-9-22(18-26(21)31-25)29-32-28(27-19-30-12-15-34(27)29)23-16-24(17-23)33-13-4-5-14-33;/h1-3,6-12,15,18-19,23-24H,4-5,13-14,16-17H2;1H. The minimum absolute atomic E-state index is 0. The van der Waals surface area contributed by atoms with Gasteiger partial charge < -0.3 is 17.3 Å². The molecule has 1 saturated heterocycles. The van der Waals surface area contributed by atoms with E-state index in [1.807, 2.05) is 18.5 Å². The number of quaternary nitrogens is 1. The number of halogens is 1. The summed E-state index contributed by atoms with van der Waals surface area (Å²) in [6.07, 6.45) is 11.2. The number of likely N-dealkylation sites (tertiary alicyclic amines) is 1. The number of rotatable bonds is 4. The second-order valence-electron chi connectivity index (χ2n) is 9.80.